The Balaban J connectivity index is 1.68. The van der Waals surface area contributed by atoms with Gasteiger partial charge in [0.05, 0.1) is 17.8 Å². The molecular weight excluding hydrogens is 517 g/mol. The average molecular weight is 548 g/mol. The van der Waals surface area contributed by atoms with E-state index >= 15 is 4.39 Å². The number of benzene rings is 2. The number of nitrogens with zero attached hydrogens (tertiary/aromatic N) is 1. The number of thioether (sulfide) groups is 1. The zero-order valence-corrected chi connectivity index (χ0v) is 22.9. The van der Waals surface area contributed by atoms with Crippen molar-refractivity contribution in [1.82, 2.24) is 10.6 Å². The van der Waals surface area contributed by atoms with Gasteiger partial charge in [-0.05, 0) is 76.8 Å². The summed E-state index contributed by atoms with van der Waals surface area (Å²) >= 11 is 7.27. The number of rotatable bonds is 5. The van der Waals surface area contributed by atoms with Crippen molar-refractivity contribution in [2.45, 2.75) is 75.6 Å². The van der Waals surface area contributed by atoms with Gasteiger partial charge in [-0.2, -0.15) is 0 Å². The molecule has 2 aliphatic rings. The Bertz CT molecular complexity index is 1210. The number of hydrogen-bond donors (Lipinski definition) is 2. The summed E-state index contributed by atoms with van der Waals surface area (Å²) in [4.78, 5) is 41.2. The van der Waals surface area contributed by atoms with Crippen molar-refractivity contribution in [3.05, 3.63) is 58.4 Å². The predicted molar refractivity (Wildman–Crippen MR) is 143 cm³/mol. The summed E-state index contributed by atoms with van der Waals surface area (Å²) in [6.07, 6.45) is 1.96. The number of carbonyl (C=O) groups is 3. The van der Waals surface area contributed by atoms with Crippen LogP contribution in [0.4, 0.5) is 14.9 Å². The fourth-order valence-electron chi connectivity index (χ4n) is 4.26. The molecule has 37 heavy (non-hydrogen) atoms. The molecule has 3 amide bonds. The lowest BCUT2D eigenvalue weighted by atomic mass is 9.78. The minimum absolute atomic E-state index is 0.125. The lowest BCUT2D eigenvalue weighted by molar-refractivity contribution is -0.120. The third-order valence-corrected chi connectivity index (χ3v) is 7.76. The lowest BCUT2D eigenvalue weighted by Gasteiger charge is -2.39. The molecule has 1 aliphatic carbocycles. The van der Waals surface area contributed by atoms with Crippen LogP contribution in [0.3, 0.4) is 0 Å². The van der Waals surface area contributed by atoms with Gasteiger partial charge in [0.25, 0.3) is 11.8 Å². The Labute approximate surface area is 225 Å². The molecule has 0 unspecified atom stereocenters. The van der Waals surface area contributed by atoms with Crippen molar-refractivity contribution >= 4 is 47.0 Å². The van der Waals surface area contributed by atoms with Crippen molar-refractivity contribution in [1.29, 1.82) is 0 Å². The third kappa shape index (κ3) is 6.57. The van der Waals surface area contributed by atoms with Crippen LogP contribution in [0.1, 0.15) is 62.9 Å². The standard InChI is InChI=1S/C27H31ClFN3O4S/c1-26(2,3)36-25(35)30-20-15-37-22-13-19(29)18(23(33)31-27(4)10-5-11-27)12-21(22)32(24(20)34)14-16-6-8-17(28)9-7-16/h6-9,12-13,20H,5,10-11,14-15H2,1-4H3,(H,30,35)(H,31,33)/t20-/m0/s1. The van der Waals surface area contributed by atoms with Gasteiger partial charge in [-0.1, -0.05) is 23.7 Å². The fourth-order valence-corrected chi connectivity index (χ4v) is 5.46. The number of hydrogen-bond acceptors (Lipinski definition) is 5. The van der Waals surface area contributed by atoms with E-state index < -0.39 is 35.4 Å². The number of anilines is 1. The van der Waals surface area contributed by atoms with Crippen LogP contribution in [-0.4, -0.2) is 40.8 Å². The predicted octanol–water partition coefficient (Wildman–Crippen LogP) is 5.68. The summed E-state index contributed by atoms with van der Waals surface area (Å²) < 4.78 is 20.5. The first kappa shape index (κ1) is 27.3. The van der Waals surface area contributed by atoms with Gasteiger partial charge in [-0.15, -0.1) is 11.8 Å². The highest BCUT2D eigenvalue weighted by molar-refractivity contribution is 7.99. The van der Waals surface area contributed by atoms with Crippen LogP contribution < -0.4 is 15.5 Å². The molecule has 4 rings (SSSR count). The molecule has 198 valence electrons. The highest BCUT2D eigenvalue weighted by atomic mass is 35.5. The van der Waals surface area contributed by atoms with Gasteiger partial charge in [-0.25, -0.2) is 9.18 Å². The average Bonchev–Trinajstić information content (AvgIpc) is 2.89. The van der Waals surface area contributed by atoms with E-state index in [1.165, 1.54) is 28.8 Å². The van der Waals surface area contributed by atoms with Crippen molar-refractivity contribution < 1.29 is 23.5 Å². The van der Waals surface area contributed by atoms with Crippen LogP contribution >= 0.6 is 23.4 Å². The van der Waals surface area contributed by atoms with E-state index in [2.05, 4.69) is 10.6 Å². The molecule has 10 heteroatoms. The minimum atomic E-state index is -0.922. The molecule has 0 aromatic heterocycles. The van der Waals surface area contributed by atoms with Crippen LogP contribution in [0.25, 0.3) is 0 Å². The number of nitrogens with one attached hydrogen (secondary N) is 2. The molecule has 1 saturated carbocycles. The molecule has 0 spiro atoms. The quantitative estimate of drug-likeness (QED) is 0.502. The lowest BCUT2D eigenvalue weighted by Crippen LogP contribution is -2.51. The summed E-state index contributed by atoms with van der Waals surface area (Å²) in [5, 5.41) is 6.14. The first-order valence-corrected chi connectivity index (χ1v) is 13.5. The third-order valence-electron chi connectivity index (χ3n) is 6.37. The maximum absolute atomic E-state index is 15.2. The molecule has 1 atom stereocenters. The monoisotopic (exact) mass is 547 g/mol. The second kappa shape index (κ2) is 10.5. The van der Waals surface area contributed by atoms with Crippen molar-refractivity contribution in [2.24, 2.45) is 0 Å². The maximum atomic E-state index is 15.2. The number of amides is 3. The van der Waals surface area contributed by atoms with Gasteiger partial charge >= 0.3 is 6.09 Å². The molecule has 1 aliphatic heterocycles. The van der Waals surface area contributed by atoms with Gasteiger partial charge < -0.3 is 20.3 Å². The van der Waals surface area contributed by atoms with Gasteiger partial charge in [0.1, 0.15) is 17.5 Å². The van der Waals surface area contributed by atoms with Crippen LogP contribution in [0.15, 0.2) is 41.3 Å². The number of alkyl carbamates (subject to hydrolysis) is 1. The molecule has 0 bridgehead atoms. The SMILES string of the molecule is CC1(NC(=O)c2cc3c(cc2F)SC[C@H](NC(=O)OC(C)(C)C)C(=O)N3Cc2ccc(Cl)cc2)CCC1. The molecule has 2 aromatic carbocycles. The van der Waals surface area contributed by atoms with Crippen LogP contribution in [0.2, 0.25) is 5.02 Å². The first-order valence-electron chi connectivity index (χ1n) is 12.2. The van der Waals surface area contributed by atoms with Crippen LogP contribution in [0, 0.1) is 5.82 Å². The zero-order chi connectivity index (χ0) is 27.0. The molecular formula is C27H31ClFN3O4S. The summed E-state index contributed by atoms with van der Waals surface area (Å²) in [5.74, 6) is -1.40. The highest BCUT2D eigenvalue weighted by Crippen LogP contribution is 2.38. The van der Waals surface area contributed by atoms with E-state index in [1.807, 2.05) is 6.92 Å². The van der Waals surface area contributed by atoms with E-state index in [1.54, 1.807) is 45.0 Å². The molecule has 2 aromatic rings. The van der Waals surface area contributed by atoms with Crippen molar-refractivity contribution in [3.8, 4) is 0 Å². The number of halogens is 2. The normalized spacial score (nSPS) is 18.8. The van der Waals surface area contributed by atoms with Crippen LogP contribution in [-0.2, 0) is 16.1 Å². The maximum Gasteiger partial charge on any atom is 0.408 e. The van der Waals surface area contributed by atoms with E-state index in [4.69, 9.17) is 16.3 Å². The summed E-state index contributed by atoms with van der Waals surface area (Å²) in [7, 11) is 0. The number of fused-ring (bicyclic) bond motifs is 1. The highest BCUT2D eigenvalue weighted by Gasteiger charge is 2.37. The molecule has 1 fully saturated rings. The van der Waals surface area contributed by atoms with Crippen molar-refractivity contribution in [3.63, 3.8) is 0 Å². The second-order valence-electron chi connectivity index (χ2n) is 10.7. The second-order valence-corrected chi connectivity index (χ2v) is 12.2. The van der Waals surface area contributed by atoms with Gasteiger partial charge in [0.15, 0.2) is 0 Å². The van der Waals surface area contributed by atoms with E-state index in [0.717, 1.165) is 24.8 Å². The number of carbonyl (C=O) groups excluding carboxylic acids is 3. The van der Waals surface area contributed by atoms with E-state index in [0.29, 0.717) is 15.6 Å². The molecule has 7 nitrogen and oxygen atoms in total. The van der Waals surface area contributed by atoms with Crippen molar-refractivity contribution in [2.75, 3.05) is 10.7 Å². The topological polar surface area (TPSA) is 87.7 Å². The minimum Gasteiger partial charge on any atom is -0.444 e. The molecule has 2 N–H and O–H groups in total. The van der Waals surface area contributed by atoms with E-state index in [9.17, 15) is 14.4 Å². The number of ether oxygens (including phenoxy) is 1. The Morgan fingerprint density at radius 1 is 1.22 bits per heavy atom. The van der Waals surface area contributed by atoms with Gasteiger partial charge in [0, 0.05) is 21.2 Å². The Morgan fingerprint density at radius 3 is 2.49 bits per heavy atom. The molecule has 1 heterocycles. The summed E-state index contributed by atoms with van der Waals surface area (Å²) in [6, 6.07) is 8.81. The molecule has 0 saturated heterocycles. The summed E-state index contributed by atoms with van der Waals surface area (Å²) in [6.45, 7) is 7.28. The fraction of sp³-hybridized carbons (Fsp3) is 0.444. The summed E-state index contributed by atoms with van der Waals surface area (Å²) in [5.41, 5.74) is -0.0289. The van der Waals surface area contributed by atoms with Crippen LogP contribution in [0.5, 0.6) is 0 Å². The Hall–Kier alpha value is -2.78. The molecule has 0 radical (unpaired) electrons. The Kier molecular flexibility index (Phi) is 7.76. The first-order chi connectivity index (χ1) is 17.3. The van der Waals surface area contributed by atoms with Gasteiger partial charge in [-0.3, -0.25) is 9.59 Å². The largest absolute Gasteiger partial charge is 0.444 e. The zero-order valence-electron chi connectivity index (χ0n) is 21.3. The smallest absolute Gasteiger partial charge is 0.408 e. The van der Waals surface area contributed by atoms with Gasteiger partial charge in [0.2, 0.25) is 0 Å². The Morgan fingerprint density at radius 2 is 1.89 bits per heavy atom. The van der Waals surface area contributed by atoms with E-state index in [-0.39, 0.29) is 23.4 Å².